The number of carbonyl (C=O) groups is 1. The molecule has 5 nitrogen and oxygen atoms in total. The topological polar surface area (TPSA) is 66.9 Å². The zero-order valence-electron chi connectivity index (χ0n) is 12.3. The van der Waals surface area contributed by atoms with E-state index in [9.17, 15) is 4.79 Å². The van der Waals surface area contributed by atoms with Gasteiger partial charge in [0.15, 0.2) is 5.13 Å². The molecule has 0 aliphatic carbocycles. The van der Waals surface area contributed by atoms with E-state index in [1.54, 1.807) is 23.3 Å². The van der Waals surface area contributed by atoms with E-state index in [1.165, 1.54) is 11.3 Å². The average molecular weight is 342 g/mol. The molecule has 0 radical (unpaired) electrons. The summed E-state index contributed by atoms with van der Waals surface area (Å²) in [5.41, 5.74) is 1.17. The zero-order valence-corrected chi connectivity index (χ0v) is 13.9. The number of nitrogens with one attached hydrogen (secondary N) is 2. The molecule has 7 heteroatoms. The molecule has 0 saturated heterocycles. The van der Waals surface area contributed by atoms with Crippen molar-refractivity contribution >= 4 is 45.6 Å². The molecule has 116 valence electrons. The number of aromatic nitrogens is 2. The van der Waals surface area contributed by atoms with Crippen molar-refractivity contribution in [3.63, 3.8) is 0 Å². The van der Waals surface area contributed by atoms with Crippen LogP contribution in [0.2, 0.25) is 0 Å². The van der Waals surface area contributed by atoms with Gasteiger partial charge in [-0.1, -0.05) is 18.2 Å². The van der Waals surface area contributed by atoms with Crippen molar-refractivity contribution in [2.45, 2.75) is 4.90 Å². The summed E-state index contributed by atoms with van der Waals surface area (Å²) in [6.45, 7) is 0. The average Bonchev–Trinajstić information content (AvgIpc) is 3.05. The van der Waals surface area contributed by atoms with Crippen molar-refractivity contribution in [1.29, 1.82) is 0 Å². The van der Waals surface area contributed by atoms with Crippen LogP contribution >= 0.6 is 23.1 Å². The summed E-state index contributed by atoms with van der Waals surface area (Å²) < 4.78 is 0. The first kappa shape index (κ1) is 15.5. The van der Waals surface area contributed by atoms with Crippen LogP contribution in [0.4, 0.5) is 16.6 Å². The lowest BCUT2D eigenvalue weighted by Crippen LogP contribution is -2.13. The highest BCUT2D eigenvalue weighted by Crippen LogP contribution is 2.26. The Morgan fingerprint density at radius 1 is 1.17 bits per heavy atom. The molecule has 0 unspecified atom stereocenters. The van der Waals surface area contributed by atoms with Crippen LogP contribution in [0.5, 0.6) is 0 Å². The van der Waals surface area contributed by atoms with Crippen LogP contribution < -0.4 is 10.6 Å². The molecule has 2 heterocycles. The summed E-state index contributed by atoms with van der Waals surface area (Å²) in [6, 6.07) is 13.3. The van der Waals surface area contributed by atoms with Crippen LogP contribution in [-0.4, -0.2) is 22.1 Å². The van der Waals surface area contributed by atoms with Gasteiger partial charge in [-0.25, -0.2) is 9.97 Å². The third-order valence-corrected chi connectivity index (χ3v) is 4.55. The van der Waals surface area contributed by atoms with E-state index in [4.69, 9.17) is 0 Å². The number of hydrogen-bond donors (Lipinski definition) is 2. The summed E-state index contributed by atoms with van der Waals surface area (Å²) >= 11 is 2.95. The molecule has 2 aromatic heterocycles. The zero-order chi connectivity index (χ0) is 16.1. The molecule has 23 heavy (non-hydrogen) atoms. The lowest BCUT2D eigenvalue weighted by molar-refractivity contribution is 0.102. The van der Waals surface area contributed by atoms with Crippen molar-refractivity contribution in [3.8, 4) is 0 Å². The van der Waals surface area contributed by atoms with Gasteiger partial charge in [0.2, 0.25) is 0 Å². The Kier molecular flexibility index (Phi) is 4.89. The maximum absolute atomic E-state index is 12.3. The molecule has 1 aromatic carbocycles. The summed E-state index contributed by atoms with van der Waals surface area (Å²) in [6.07, 6.45) is 3.67. The molecular weight excluding hydrogens is 328 g/mol. The first-order chi connectivity index (χ1) is 11.3. The number of nitrogens with zero attached hydrogens (tertiary/aromatic N) is 2. The Balaban J connectivity index is 1.71. The van der Waals surface area contributed by atoms with Gasteiger partial charge in [0.1, 0.15) is 11.5 Å². The predicted molar refractivity (Wildman–Crippen MR) is 95.8 cm³/mol. The van der Waals surface area contributed by atoms with E-state index >= 15 is 0 Å². The SMILES string of the molecule is CSc1ccccc1NC(=O)c1csc(Nc2ccccn2)n1. The fourth-order valence-electron chi connectivity index (χ4n) is 1.92. The first-order valence-electron chi connectivity index (χ1n) is 6.84. The minimum Gasteiger partial charge on any atom is -0.320 e. The monoisotopic (exact) mass is 342 g/mol. The van der Waals surface area contributed by atoms with Crippen LogP contribution in [0.3, 0.4) is 0 Å². The van der Waals surface area contributed by atoms with Crippen LogP contribution in [0.15, 0.2) is 58.9 Å². The molecule has 3 aromatic rings. The smallest absolute Gasteiger partial charge is 0.275 e. The van der Waals surface area contributed by atoms with Gasteiger partial charge in [-0.3, -0.25) is 4.79 Å². The maximum atomic E-state index is 12.3. The van der Waals surface area contributed by atoms with Crippen LogP contribution in [0.1, 0.15) is 10.5 Å². The number of rotatable bonds is 5. The highest BCUT2D eigenvalue weighted by Gasteiger charge is 2.13. The second-order valence-corrected chi connectivity index (χ2v) is 6.24. The third-order valence-electron chi connectivity index (χ3n) is 2.99. The molecule has 0 aliphatic rings. The number of thiazole rings is 1. The number of anilines is 3. The van der Waals surface area contributed by atoms with Crippen molar-refractivity contribution in [3.05, 3.63) is 59.7 Å². The Labute approximate surface area is 142 Å². The van der Waals surface area contributed by atoms with Crippen LogP contribution in [0.25, 0.3) is 0 Å². The number of para-hydroxylation sites is 1. The molecule has 0 atom stereocenters. The molecule has 0 spiro atoms. The summed E-state index contributed by atoms with van der Waals surface area (Å²) in [5, 5.41) is 8.33. The number of pyridine rings is 1. The number of carbonyl (C=O) groups excluding carboxylic acids is 1. The lowest BCUT2D eigenvalue weighted by Gasteiger charge is -2.07. The summed E-state index contributed by atoms with van der Waals surface area (Å²) in [5.74, 6) is 0.471. The largest absolute Gasteiger partial charge is 0.320 e. The Morgan fingerprint density at radius 3 is 2.78 bits per heavy atom. The van der Waals surface area contributed by atoms with Crippen molar-refractivity contribution in [1.82, 2.24) is 9.97 Å². The van der Waals surface area contributed by atoms with Gasteiger partial charge in [-0.15, -0.1) is 23.1 Å². The van der Waals surface area contributed by atoms with E-state index in [2.05, 4.69) is 20.6 Å². The molecule has 0 aliphatic heterocycles. The van der Waals surface area contributed by atoms with Crippen molar-refractivity contribution in [2.75, 3.05) is 16.9 Å². The quantitative estimate of drug-likeness (QED) is 0.678. The van der Waals surface area contributed by atoms with E-state index in [0.717, 1.165) is 10.6 Å². The molecule has 3 rings (SSSR count). The van der Waals surface area contributed by atoms with E-state index in [1.807, 2.05) is 48.7 Å². The van der Waals surface area contributed by atoms with E-state index < -0.39 is 0 Å². The lowest BCUT2D eigenvalue weighted by atomic mass is 10.3. The first-order valence-corrected chi connectivity index (χ1v) is 8.94. The Bertz CT molecular complexity index is 805. The fraction of sp³-hybridized carbons (Fsp3) is 0.0625. The molecule has 1 amide bonds. The Morgan fingerprint density at radius 2 is 2.00 bits per heavy atom. The summed E-state index contributed by atoms with van der Waals surface area (Å²) in [7, 11) is 0. The minimum absolute atomic E-state index is 0.225. The normalized spacial score (nSPS) is 10.3. The highest BCUT2D eigenvalue weighted by atomic mass is 32.2. The van der Waals surface area contributed by atoms with Gasteiger partial charge < -0.3 is 10.6 Å². The maximum Gasteiger partial charge on any atom is 0.275 e. The predicted octanol–water partition coefficient (Wildman–Crippen LogP) is 4.26. The number of amides is 1. The molecule has 0 bridgehead atoms. The second-order valence-electron chi connectivity index (χ2n) is 4.53. The highest BCUT2D eigenvalue weighted by molar-refractivity contribution is 7.98. The van der Waals surface area contributed by atoms with E-state index in [-0.39, 0.29) is 5.91 Å². The Hall–Kier alpha value is -2.38. The van der Waals surface area contributed by atoms with Gasteiger partial charge in [0.05, 0.1) is 5.69 Å². The molecule has 2 N–H and O–H groups in total. The number of thioether (sulfide) groups is 1. The fourth-order valence-corrected chi connectivity index (χ4v) is 3.17. The van der Waals surface area contributed by atoms with Gasteiger partial charge >= 0.3 is 0 Å². The molecule has 0 fully saturated rings. The third kappa shape index (κ3) is 3.88. The molecule has 0 saturated carbocycles. The van der Waals surface area contributed by atoms with Gasteiger partial charge in [0.25, 0.3) is 5.91 Å². The summed E-state index contributed by atoms with van der Waals surface area (Å²) in [4.78, 5) is 21.8. The van der Waals surface area contributed by atoms with Crippen molar-refractivity contribution < 1.29 is 4.79 Å². The minimum atomic E-state index is -0.225. The second kappa shape index (κ2) is 7.26. The number of benzene rings is 1. The van der Waals surface area contributed by atoms with Gasteiger partial charge in [-0.05, 0) is 30.5 Å². The van der Waals surface area contributed by atoms with Crippen molar-refractivity contribution in [2.24, 2.45) is 0 Å². The van der Waals surface area contributed by atoms with Gasteiger partial charge in [-0.2, -0.15) is 0 Å². The number of hydrogen-bond acceptors (Lipinski definition) is 6. The van der Waals surface area contributed by atoms with E-state index in [0.29, 0.717) is 16.6 Å². The standard InChI is InChI=1S/C16H14N4OS2/c1-22-13-7-3-2-6-11(13)18-15(21)12-10-23-16(19-12)20-14-8-4-5-9-17-14/h2-10H,1H3,(H,18,21)(H,17,19,20). The molecular formula is C16H14N4OS2. The van der Waals surface area contributed by atoms with Crippen LogP contribution in [0, 0.1) is 0 Å². The van der Waals surface area contributed by atoms with Crippen LogP contribution in [-0.2, 0) is 0 Å². The van der Waals surface area contributed by atoms with Gasteiger partial charge in [0, 0.05) is 16.5 Å².